The normalized spacial score (nSPS) is 16.9. The van der Waals surface area contributed by atoms with Gasteiger partial charge in [-0.05, 0) is 48.7 Å². The molecule has 1 aliphatic heterocycles. The average Bonchev–Trinajstić information content (AvgIpc) is 2.77. The number of aromatic hydroxyl groups is 1. The van der Waals surface area contributed by atoms with E-state index in [0.29, 0.717) is 43.7 Å². The van der Waals surface area contributed by atoms with Gasteiger partial charge in [0.15, 0.2) is 0 Å². The topological polar surface area (TPSA) is 69.5 Å². The number of alkyl halides is 3. The van der Waals surface area contributed by atoms with Gasteiger partial charge in [0.2, 0.25) is 0 Å². The van der Waals surface area contributed by atoms with E-state index in [1.165, 1.54) is 6.07 Å². The predicted molar refractivity (Wildman–Crippen MR) is 109 cm³/mol. The van der Waals surface area contributed by atoms with E-state index in [1.807, 2.05) is 6.07 Å². The van der Waals surface area contributed by atoms with Gasteiger partial charge in [0, 0.05) is 43.2 Å². The number of likely N-dealkylation sites (tertiary alicyclic amines) is 1. The lowest BCUT2D eigenvalue weighted by Gasteiger charge is -2.39. The molecule has 2 aromatic carbocycles. The number of aromatic nitrogens is 2. The van der Waals surface area contributed by atoms with E-state index in [4.69, 9.17) is 0 Å². The van der Waals surface area contributed by atoms with Crippen LogP contribution in [0.5, 0.6) is 5.75 Å². The van der Waals surface area contributed by atoms with Crippen LogP contribution in [0.1, 0.15) is 29.5 Å². The molecule has 0 spiro atoms. The average molecular weight is 429 g/mol. The van der Waals surface area contributed by atoms with Crippen molar-refractivity contribution in [3.8, 4) is 17.0 Å². The van der Waals surface area contributed by atoms with Crippen molar-refractivity contribution in [1.82, 2.24) is 14.9 Å². The summed E-state index contributed by atoms with van der Waals surface area (Å²) in [6, 6.07) is 10.2. The Labute approximate surface area is 177 Å². The van der Waals surface area contributed by atoms with E-state index < -0.39 is 17.3 Å². The molecule has 0 radical (unpaired) electrons. The number of piperidine rings is 1. The summed E-state index contributed by atoms with van der Waals surface area (Å²) in [4.78, 5) is 10.4. The van der Waals surface area contributed by atoms with Crippen molar-refractivity contribution < 1.29 is 23.4 Å². The van der Waals surface area contributed by atoms with E-state index >= 15 is 0 Å². The van der Waals surface area contributed by atoms with Crippen molar-refractivity contribution in [2.75, 3.05) is 13.1 Å². The van der Waals surface area contributed by atoms with Crippen molar-refractivity contribution >= 4 is 0 Å². The zero-order valence-corrected chi connectivity index (χ0v) is 16.7. The smallest absolute Gasteiger partial charge is 0.416 e. The Morgan fingerprint density at radius 1 is 1.03 bits per heavy atom. The lowest BCUT2D eigenvalue weighted by atomic mass is 9.83. The number of hydrogen-bond acceptors (Lipinski definition) is 5. The van der Waals surface area contributed by atoms with Crippen LogP contribution in [0, 0.1) is 0 Å². The van der Waals surface area contributed by atoms with Crippen molar-refractivity contribution in [3.63, 3.8) is 0 Å². The zero-order valence-electron chi connectivity index (χ0n) is 16.7. The van der Waals surface area contributed by atoms with Crippen molar-refractivity contribution in [3.05, 3.63) is 77.7 Å². The van der Waals surface area contributed by atoms with E-state index in [9.17, 15) is 23.4 Å². The molecule has 1 fully saturated rings. The Morgan fingerprint density at radius 3 is 2.48 bits per heavy atom. The molecule has 0 aliphatic carbocycles. The summed E-state index contributed by atoms with van der Waals surface area (Å²) in [5.74, 6) is 0.159. The van der Waals surface area contributed by atoms with Gasteiger partial charge in [-0.2, -0.15) is 13.2 Å². The molecule has 0 saturated carbocycles. The summed E-state index contributed by atoms with van der Waals surface area (Å²) >= 11 is 0. The summed E-state index contributed by atoms with van der Waals surface area (Å²) in [7, 11) is 0. The summed E-state index contributed by atoms with van der Waals surface area (Å²) in [5, 5.41) is 21.3. The molecule has 1 saturated heterocycles. The van der Waals surface area contributed by atoms with Crippen LogP contribution in [0.4, 0.5) is 13.2 Å². The Kier molecular flexibility index (Phi) is 5.68. The molecule has 3 aromatic rings. The third kappa shape index (κ3) is 4.70. The van der Waals surface area contributed by atoms with Gasteiger partial charge in [0.25, 0.3) is 0 Å². The lowest BCUT2D eigenvalue weighted by Crippen LogP contribution is -2.42. The zero-order chi connectivity index (χ0) is 22.1. The minimum Gasteiger partial charge on any atom is -0.508 e. The van der Waals surface area contributed by atoms with Crippen LogP contribution in [-0.4, -0.2) is 38.2 Å². The summed E-state index contributed by atoms with van der Waals surface area (Å²) in [6.45, 7) is 1.43. The maximum atomic E-state index is 13.0. The van der Waals surface area contributed by atoms with Gasteiger partial charge in [-0.25, -0.2) is 0 Å². The van der Waals surface area contributed by atoms with Gasteiger partial charge < -0.3 is 10.2 Å². The van der Waals surface area contributed by atoms with Crippen molar-refractivity contribution in [1.29, 1.82) is 0 Å². The van der Waals surface area contributed by atoms with Gasteiger partial charge in [-0.15, -0.1) is 0 Å². The molecule has 2 N–H and O–H groups in total. The quantitative estimate of drug-likeness (QED) is 0.645. The second-order valence-corrected chi connectivity index (χ2v) is 7.82. The molecule has 1 aliphatic rings. The number of benzene rings is 2. The summed E-state index contributed by atoms with van der Waals surface area (Å²) in [6.07, 6.45) is 0.994. The molecule has 5 nitrogen and oxygen atoms in total. The van der Waals surface area contributed by atoms with Crippen LogP contribution in [0.15, 0.2) is 61.1 Å². The first-order valence-corrected chi connectivity index (χ1v) is 9.95. The molecular weight excluding hydrogens is 407 g/mol. The van der Waals surface area contributed by atoms with Gasteiger partial charge in [-0.3, -0.25) is 14.9 Å². The number of phenols is 1. The van der Waals surface area contributed by atoms with E-state index in [2.05, 4.69) is 14.9 Å². The number of phenolic OH excluding ortho intramolecular Hbond substituents is 1. The fourth-order valence-corrected chi connectivity index (χ4v) is 3.92. The number of rotatable bonds is 4. The fourth-order valence-electron chi connectivity index (χ4n) is 3.92. The second-order valence-electron chi connectivity index (χ2n) is 7.82. The van der Waals surface area contributed by atoms with Gasteiger partial charge >= 0.3 is 6.18 Å². The highest BCUT2D eigenvalue weighted by molar-refractivity contribution is 5.61. The molecule has 4 rings (SSSR count). The third-order valence-corrected chi connectivity index (χ3v) is 5.74. The summed E-state index contributed by atoms with van der Waals surface area (Å²) < 4.78 is 39.1. The molecule has 8 heteroatoms. The molecule has 0 bridgehead atoms. The first kappa shape index (κ1) is 21.3. The highest BCUT2D eigenvalue weighted by Crippen LogP contribution is 2.37. The lowest BCUT2D eigenvalue weighted by molar-refractivity contribution is -0.137. The van der Waals surface area contributed by atoms with Crippen LogP contribution in [0.2, 0.25) is 0 Å². The van der Waals surface area contributed by atoms with Gasteiger partial charge in [0.1, 0.15) is 5.75 Å². The van der Waals surface area contributed by atoms with Crippen molar-refractivity contribution in [2.45, 2.75) is 31.2 Å². The number of hydrogen-bond donors (Lipinski definition) is 2. The van der Waals surface area contributed by atoms with Crippen LogP contribution in [-0.2, 0) is 18.3 Å². The molecule has 1 aromatic heterocycles. The number of aliphatic hydroxyl groups is 1. The van der Waals surface area contributed by atoms with Crippen LogP contribution >= 0.6 is 0 Å². The largest absolute Gasteiger partial charge is 0.508 e. The molecule has 2 heterocycles. The Bertz CT molecular complexity index is 1050. The van der Waals surface area contributed by atoms with E-state index in [1.54, 1.807) is 36.8 Å². The fraction of sp³-hybridized carbons (Fsp3) is 0.304. The second kappa shape index (κ2) is 8.28. The Balaban J connectivity index is 1.46. The molecule has 162 valence electrons. The maximum Gasteiger partial charge on any atom is 0.416 e. The van der Waals surface area contributed by atoms with Crippen LogP contribution in [0.3, 0.4) is 0 Å². The minimum absolute atomic E-state index is 0.159. The first-order valence-electron chi connectivity index (χ1n) is 9.95. The van der Waals surface area contributed by atoms with E-state index in [-0.39, 0.29) is 11.3 Å². The molecule has 0 amide bonds. The van der Waals surface area contributed by atoms with Crippen LogP contribution in [0.25, 0.3) is 11.3 Å². The van der Waals surface area contributed by atoms with Gasteiger partial charge in [0.05, 0.1) is 23.1 Å². The van der Waals surface area contributed by atoms with E-state index in [0.717, 1.165) is 17.7 Å². The Morgan fingerprint density at radius 2 is 1.81 bits per heavy atom. The summed E-state index contributed by atoms with van der Waals surface area (Å²) in [5.41, 5.74) is 0.467. The standard InChI is InChI=1S/C23H22F3N3O2/c24-23(25,26)19-3-1-2-18(13-19)22(31)6-10-29(11-7-22)15-17-12-16(4-5-21(17)30)20-14-27-8-9-28-20/h1-5,8-9,12-14,30-31H,6-7,10-11,15H2. The predicted octanol–water partition coefficient (Wildman–Crippen LogP) is 4.35. The Hall–Kier alpha value is -2.97. The van der Waals surface area contributed by atoms with Gasteiger partial charge in [-0.1, -0.05) is 12.1 Å². The molecule has 0 unspecified atom stereocenters. The number of nitrogens with zero attached hydrogens (tertiary/aromatic N) is 3. The van der Waals surface area contributed by atoms with Crippen LogP contribution < -0.4 is 0 Å². The minimum atomic E-state index is -4.45. The molecule has 0 atom stereocenters. The maximum absolute atomic E-state index is 13.0. The molecule has 31 heavy (non-hydrogen) atoms. The SMILES string of the molecule is Oc1ccc(-c2cnccn2)cc1CN1CCC(O)(c2cccc(C(F)(F)F)c2)CC1. The first-order chi connectivity index (χ1) is 14.7. The molecular formula is C23H22F3N3O2. The highest BCUT2D eigenvalue weighted by Gasteiger charge is 2.37. The monoisotopic (exact) mass is 429 g/mol. The number of halogens is 3. The third-order valence-electron chi connectivity index (χ3n) is 5.74. The highest BCUT2D eigenvalue weighted by atomic mass is 19.4. The van der Waals surface area contributed by atoms with Crippen molar-refractivity contribution in [2.24, 2.45) is 0 Å².